The van der Waals surface area contributed by atoms with Crippen LogP contribution in [0.1, 0.15) is 6.92 Å². The number of carbonyl (C=O) groups is 1. The van der Waals surface area contributed by atoms with E-state index < -0.39 is 0 Å². The van der Waals surface area contributed by atoms with Crippen LogP contribution in [0.25, 0.3) is 0 Å². The van der Waals surface area contributed by atoms with Crippen LogP contribution in [0.5, 0.6) is 0 Å². The summed E-state index contributed by atoms with van der Waals surface area (Å²) in [7, 11) is 0. The number of hydrogen-bond acceptors (Lipinski definition) is 2. The highest BCUT2D eigenvalue weighted by atomic mass is 16.1. The molecule has 0 aliphatic rings. The fraction of sp³-hybridized carbons (Fsp3) is 0.111. The Bertz CT molecular complexity index is 212. The van der Waals surface area contributed by atoms with Crippen LogP contribution in [0.15, 0.2) is 36.0 Å². The van der Waals surface area contributed by atoms with Crippen LogP contribution in [0.4, 0.5) is 0 Å². The maximum Gasteiger partial charge on any atom is 0.145 e. The Hall–Kier alpha value is -1.44. The van der Waals surface area contributed by atoms with Gasteiger partial charge in [-0.05, 0) is 18.6 Å². The van der Waals surface area contributed by atoms with Gasteiger partial charge in [0.15, 0.2) is 0 Å². The van der Waals surface area contributed by atoms with Crippen molar-refractivity contribution in [3.63, 3.8) is 0 Å². The standard InChI is InChI=1S/C9H11NO/c1-9(8-11)6-4-2-3-5-7-10/h2-8,10H,1H3. The van der Waals surface area contributed by atoms with Gasteiger partial charge in [-0.25, -0.2) is 0 Å². The third-order valence-electron chi connectivity index (χ3n) is 0.975. The van der Waals surface area contributed by atoms with Gasteiger partial charge in [0, 0.05) is 6.21 Å². The molecular formula is C9H11NO. The zero-order valence-corrected chi connectivity index (χ0v) is 6.45. The van der Waals surface area contributed by atoms with Crippen LogP contribution >= 0.6 is 0 Å². The second-order valence-electron chi connectivity index (χ2n) is 1.97. The second kappa shape index (κ2) is 6.68. The van der Waals surface area contributed by atoms with Crippen molar-refractivity contribution in [2.75, 3.05) is 0 Å². The molecule has 58 valence electrons. The predicted octanol–water partition coefficient (Wildman–Crippen LogP) is 1.89. The Morgan fingerprint density at radius 2 is 1.82 bits per heavy atom. The molecule has 0 radical (unpaired) electrons. The topological polar surface area (TPSA) is 40.9 Å². The van der Waals surface area contributed by atoms with Crippen molar-refractivity contribution in [3.05, 3.63) is 36.0 Å². The van der Waals surface area contributed by atoms with E-state index in [1.165, 1.54) is 6.21 Å². The number of hydrogen-bond donors (Lipinski definition) is 1. The summed E-state index contributed by atoms with van der Waals surface area (Å²) in [6.45, 7) is 1.73. The molecule has 0 saturated heterocycles. The molecular weight excluding hydrogens is 138 g/mol. The maximum atomic E-state index is 10.1. The van der Waals surface area contributed by atoms with Crippen molar-refractivity contribution >= 4 is 12.5 Å². The summed E-state index contributed by atoms with van der Waals surface area (Å²) in [5, 5.41) is 6.64. The van der Waals surface area contributed by atoms with E-state index in [0.29, 0.717) is 5.57 Å². The molecule has 0 aromatic carbocycles. The largest absolute Gasteiger partial charge is 0.309 e. The van der Waals surface area contributed by atoms with E-state index in [0.717, 1.165) is 6.29 Å². The van der Waals surface area contributed by atoms with Gasteiger partial charge in [-0.3, -0.25) is 4.79 Å². The highest BCUT2D eigenvalue weighted by Crippen LogP contribution is 1.86. The number of allylic oxidation sites excluding steroid dienone is 6. The van der Waals surface area contributed by atoms with Crippen LogP contribution in [0.2, 0.25) is 0 Å². The molecule has 11 heavy (non-hydrogen) atoms. The van der Waals surface area contributed by atoms with E-state index in [1.807, 2.05) is 0 Å². The lowest BCUT2D eigenvalue weighted by Crippen LogP contribution is -1.71. The van der Waals surface area contributed by atoms with Crippen LogP contribution < -0.4 is 0 Å². The van der Waals surface area contributed by atoms with Gasteiger partial charge in [-0.15, -0.1) is 0 Å². The van der Waals surface area contributed by atoms with Gasteiger partial charge in [0.2, 0.25) is 0 Å². The second-order valence-corrected chi connectivity index (χ2v) is 1.97. The minimum atomic E-state index is 0.685. The molecule has 0 fully saturated rings. The van der Waals surface area contributed by atoms with Crippen molar-refractivity contribution < 1.29 is 4.79 Å². The quantitative estimate of drug-likeness (QED) is 0.282. The number of rotatable bonds is 4. The third kappa shape index (κ3) is 6.45. The van der Waals surface area contributed by atoms with Gasteiger partial charge in [0.05, 0.1) is 0 Å². The Morgan fingerprint density at radius 3 is 2.36 bits per heavy atom. The summed E-state index contributed by atoms with van der Waals surface area (Å²) < 4.78 is 0. The molecule has 0 aromatic rings. The highest BCUT2D eigenvalue weighted by Gasteiger charge is 1.76. The van der Waals surface area contributed by atoms with E-state index >= 15 is 0 Å². The Labute approximate surface area is 66.4 Å². The summed E-state index contributed by atoms with van der Waals surface area (Å²) in [4.78, 5) is 10.1. The number of aldehydes is 1. The Morgan fingerprint density at radius 1 is 1.18 bits per heavy atom. The van der Waals surface area contributed by atoms with Crippen molar-refractivity contribution in [2.24, 2.45) is 0 Å². The monoisotopic (exact) mass is 149 g/mol. The molecule has 0 aliphatic heterocycles. The third-order valence-corrected chi connectivity index (χ3v) is 0.975. The molecule has 1 N–H and O–H groups in total. The van der Waals surface area contributed by atoms with Crippen molar-refractivity contribution in [1.82, 2.24) is 0 Å². The zero-order valence-electron chi connectivity index (χ0n) is 6.45. The van der Waals surface area contributed by atoms with E-state index in [-0.39, 0.29) is 0 Å². The molecule has 0 heterocycles. The average molecular weight is 149 g/mol. The number of nitrogens with one attached hydrogen (secondary N) is 1. The first kappa shape index (κ1) is 9.56. The smallest absolute Gasteiger partial charge is 0.145 e. The first-order valence-electron chi connectivity index (χ1n) is 3.27. The Kier molecular flexibility index (Phi) is 5.80. The molecule has 0 amide bonds. The molecule has 0 unspecified atom stereocenters. The van der Waals surface area contributed by atoms with Crippen LogP contribution in [0, 0.1) is 5.41 Å². The van der Waals surface area contributed by atoms with Gasteiger partial charge in [-0.1, -0.05) is 24.3 Å². The summed E-state index contributed by atoms with van der Waals surface area (Å²) >= 11 is 0. The number of carbonyl (C=O) groups excluding carboxylic acids is 1. The SMILES string of the molecule is CC(C=O)=CC=CC=CC=N. The first-order valence-corrected chi connectivity index (χ1v) is 3.27. The van der Waals surface area contributed by atoms with Crippen molar-refractivity contribution in [2.45, 2.75) is 6.92 Å². The summed E-state index contributed by atoms with van der Waals surface area (Å²) in [6, 6.07) is 0. The molecule has 2 nitrogen and oxygen atoms in total. The van der Waals surface area contributed by atoms with Crippen molar-refractivity contribution in [3.8, 4) is 0 Å². The molecule has 0 rings (SSSR count). The zero-order chi connectivity index (χ0) is 8.53. The summed E-state index contributed by atoms with van der Waals surface area (Å²) in [6.07, 6.45) is 10.5. The molecule has 0 aliphatic carbocycles. The lowest BCUT2D eigenvalue weighted by Gasteiger charge is -1.78. The van der Waals surface area contributed by atoms with Gasteiger partial charge >= 0.3 is 0 Å². The molecule has 2 heteroatoms. The molecule has 0 saturated carbocycles. The lowest BCUT2D eigenvalue weighted by atomic mass is 10.3. The molecule has 0 aromatic heterocycles. The minimum Gasteiger partial charge on any atom is -0.309 e. The highest BCUT2D eigenvalue weighted by molar-refractivity contribution is 5.72. The van der Waals surface area contributed by atoms with Gasteiger partial charge in [0.25, 0.3) is 0 Å². The molecule has 0 bridgehead atoms. The van der Waals surface area contributed by atoms with Crippen LogP contribution in [-0.4, -0.2) is 12.5 Å². The van der Waals surface area contributed by atoms with Gasteiger partial charge in [0.1, 0.15) is 6.29 Å². The van der Waals surface area contributed by atoms with Gasteiger partial charge in [-0.2, -0.15) is 0 Å². The van der Waals surface area contributed by atoms with E-state index in [9.17, 15) is 4.79 Å². The summed E-state index contributed by atoms with van der Waals surface area (Å²) in [5.41, 5.74) is 0.685. The Balaban J connectivity index is 3.85. The molecule has 0 atom stereocenters. The first-order chi connectivity index (χ1) is 5.31. The van der Waals surface area contributed by atoms with E-state index in [1.54, 1.807) is 37.3 Å². The fourth-order valence-electron chi connectivity index (χ4n) is 0.430. The van der Waals surface area contributed by atoms with Crippen LogP contribution in [0.3, 0.4) is 0 Å². The fourth-order valence-corrected chi connectivity index (χ4v) is 0.430. The van der Waals surface area contributed by atoms with Crippen LogP contribution in [-0.2, 0) is 4.79 Å². The molecule has 0 spiro atoms. The summed E-state index contributed by atoms with van der Waals surface area (Å²) in [5.74, 6) is 0. The minimum absolute atomic E-state index is 0.685. The lowest BCUT2D eigenvalue weighted by molar-refractivity contribution is -0.104. The average Bonchev–Trinajstić information content (AvgIpc) is 2.04. The van der Waals surface area contributed by atoms with Gasteiger partial charge < -0.3 is 5.41 Å². The van der Waals surface area contributed by atoms with Crippen molar-refractivity contribution in [1.29, 1.82) is 5.41 Å². The van der Waals surface area contributed by atoms with E-state index in [4.69, 9.17) is 5.41 Å². The predicted molar refractivity (Wildman–Crippen MR) is 46.9 cm³/mol. The van der Waals surface area contributed by atoms with E-state index in [2.05, 4.69) is 0 Å². The normalized spacial score (nSPS) is 12.6. The maximum absolute atomic E-state index is 10.1.